The van der Waals surface area contributed by atoms with Crippen LogP contribution in [0.25, 0.3) is 11.8 Å². The number of anilines is 1. The Hall–Kier alpha value is -3.67. The first kappa shape index (κ1) is 19.6. The number of benzene rings is 2. The van der Waals surface area contributed by atoms with Gasteiger partial charge in [-0.25, -0.2) is 4.68 Å². The second-order valence-corrected chi connectivity index (χ2v) is 7.50. The third-order valence-corrected chi connectivity index (χ3v) is 5.26. The normalized spacial score (nSPS) is 15.0. The van der Waals surface area contributed by atoms with Gasteiger partial charge in [-0.05, 0) is 49.2 Å². The van der Waals surface area contributed by atoms with E-state index in [1.807, 2.05) is 79.2 Å². The molecule has 0 unspecified atom stereocenters. The Morgan fingerprint density at radius 1 is 1.07 bits per heavy atom. The molecule has 1 aliphatic rings. The molecular formula is C24H24N4O2. The molecule has 2 heterocycles. The van der Waals surface area contributed by atoms with E-state index < -0.39 is 0 Å². The van der Waals surface area contributed by atoms with E-state index in [9.17, 15) is 9.59 Å². The number of carbonyl (C=O) groups excluding carboxylic acids is 2. The maximum Gasteiger partial charge on any atom is 0.226 e. The second kappa shape index (κ2) is 7.99. The van der Waals surface area contributed by atoms with Gasteiger partial charge in [0.2, 0.25) is 11.8 Å². The van der Waals surface area contributed by atoms with Crippen molar-refractivity contribution in [1.82, 2.24) is 14.7 Å². The fraction of sp³-hybridized carbons (Fsp3) is 0.208. The third kappa shape index (κ3) is 3.76. The summed E-state index contributed by atoms with van der Waals surface area (Å²) in [5.74, 6) is -0.257. The molecule has 152 valence electrons. The summed E-state index contributed by atoms with van der Waals surface area (Å²) in [6, 6.07) is 17.1. The first-order chi connectivity index (χ1) is 14.4. The largest absolute Gasteiger partial charge is 0.324 e. The van der Waals surface area contributed by atoms with Crippen molar-refractivity contribution in [2.45, 2.75) is 33.2 Å². The number of carbonyl (C=O) groups is 2. The lowest BCUT2D eigenvalue weighted by atomic mass is 9.93. The summed E-state index contributed by atoms with van der Waals surface area (Å²) in [5.41, 5.74) is 5.39. The van der Waals surface area contributed by atoms with Crippen molar-refractivity contribution in [2.24, 2.45) is 0 Å². The van der Waals surface area contributed by atoms with Gasteiger partial charge in [0, 0.05) is 18.8 Å². The minimum Gasteiger partial charge on any atom is -0.324 e. The van der Waals surface area contributed by atoms with E-state index >= 15 is 0 Å². The number of aromatic nitrogens is 2. The zero-order valence-electron chi connectivity index (χ0n) is 17.3. The molecule has 0 bridgehead atoms. The number of hydrogen-bond acceptors (Lipinski definition) is 3. The van der Waals surface area contributed by atoms with Crippen molar-refractivity contribution in [3.8, 4) is 5.69 Å². The van der Waals surface area contributed by atoms with Crippen LogP contribution in [0.1, 0.15) is 41.9 Å². The van der Waals surface area contributed by atoms with Crippen LogP contribution in [0.15, 0.2) is 60.8 Å². The van der Waals surface area contributed by atoms with Gasteiger partial charge in [-0.2, -0.15) is 5.10 Å². The van der Waals surface area contributed by atoms with E-state index in [0.717, 1.165) is 28.2 Å². The summed E-state index contributed by atoms with van der Waals surface area (Å²) in [4.78, 5) is 26.8. The quantitative estimate of drug-likeness (QED) is 0.706. The van der Waals surface area contributed by atoms with Gasteiger partial charge in [-0.3, -0.25) is 9.59 Å². The molecule has 6 heteroatoms. The van der Waals surface area contributed by atoms with E-state index in [1.54, 1.807) is 11.1 Å². The van der Waals surface area contributed by atoms with Gasteiger partial charge in [0.25, 0.3) is 0 Å². The molecule has 0 saturated carbocycles. The van der Waals surface area contributed by atoms with Gasteiger partial charge in [-0.1, -0.05) is 36.4 Å². The Kier molecular flexibility index (Phi) is 5.23. The molecule has 1 N–H and O–H groups in total. The number of nitrogens with zero attached hydrogens (tertiary/aromatic N) is 3. The van der Waals surface area contributed by atoms with E-state index in [1.165, 1.54) is 6.92 Å². The monoisotopic (exact) mass is 400 g/mol. The molecule has 2 aromatic carbocycles. The molecule has 0 aliphatic carbocycles. The Bertz CT molecular complexity index is 1150. The average Bonchev–Trinajstić information content (AvgIpc) is 3.06. The molecule has 1 aliphatic heterocycles. The minimum absolute atomic E-state index is 0.0957. The molecule has 2 amide bonds. The molecule has 1 aromatic heterocycles. The van der Waals surface area contributed by atoms with Crippen molar-refractivity contribution in [2.75, 3.05) is 5.32 Å². The van der Waals surface area contributed by atoms with Crippen molar-refractivity contribution in [1.29, 1.82) is 0 Å². The lowest BCUT2D eigenvalue weighted by Crippen LogP contribution is -2.33. The zero-order valence-corrected chi connectivity index (χ0v) is 17.3. The Morgan fingerprint density at radius 2 is 1.80 bits per heavy atom. The molecule has 6 nitrogen and oxygen atoms in total. The highest BCUT2D eigenvalue weighted by Crippen LogP contribution is 2.33. The zero-order chi connectivity index (χ0) is 21.3. The number of nitrogens with one attached hydrogen (secondary N) is 1. The first-order valence-electron chi connectivity index (χ1n) is 9.92. The van der Waals surface area contributed by atoms with Crippen LogP contribution in [0, 0.1) is 13.8 Å². The van der Waals surface area contributed by atoms with Gasteiger partial charge in [-0.15, -0.1) is 0 Å². The highest BCUT2D eigenvalue weighted by molar-refractivity contribution is 5.94. The number of fused-ring (bicyclic) bond motifs is 1. The maximum atomic E-state index is 13.0. The highest BCUT2D eigenvalue weighted by Gasteiger charge is 2.28. The smallest absolute Gasteiger partial charge is 0.226 e. The number of rotatable bonds is 4. The summed E-state index contributed by atoms with van der Waals surface area (Å²) >= 11 is 0. The predicted octanol–water partition coefficient (Wildman–Crippen LogP) is 4.39. The molecular weight excluding hydrogens is 376 g/mol. The summed E-state index contributed by atoms with van der Waals surface area (Å²) in [5, 5.41) is 7.55. The molecule has 0 spiro atoms. The van der Waals surface area contributed by atoms with E-state index in [0.29, 0.717) is 5.69 Å². The highest BCUT2D eigenvalue weighted by atomic mass is 16.2. The van der Waals surface area contributed by atoms with Crippen LogP contribution < -0.4 is 5.32 Å². The van der Waals surface area contributed by atoms with Gasteiger partial charge >= 0.3 is 0 Å². The van der Waals surface area contributed by atoms with Gasteiger partial charge in [0.15, 0.2) is 0 Å². The first-order valence-corrected chi connectivity index (χ1v) is 9.92. The lowest BCUT2D eigenvalue weighted by Gasteiger charge is -2.32. The van der Waals surface area contributed by atoms with Crippen LogP contribution >= 0.6 is 0 Å². The second-order valence-electron chi connectivity index (χ2n) is 7.50. The van der Waals surface area contributed by atoms with Gasteiger partial charge in [0.05, 0.1) is 29.5 Å². The molecule has 1 atom stereocenters. The summed E-state index contributed by atoms with van der Waals surface area (Å²) in [6.45, 7) is 5.44. The molecule has 0 fully saturated rings. The minimum atomic E-state index is -0.343. The maximum absolute atomic E-state index is 13.0. The number of aryl methyl sites for hydroxylation is 2. The SMILES string of the molecule is CC(=O)N1C=Cc2ccccc2[C@H]1CC(=O)Nc1ccccc1-n1nc(C)cc1C. The molecule has 4 rings (SSSR count). The van der Waals surface area contributed by atoms with Crippen molar-refractivity contribution >= 4 is 23.6 Å². The van der Waals surface area contributed by atoms with Crippen LogP contribution in [-0.4, -0.2) is 26.5 Å². The van der Waals surface area contributed by atoms with Crippen molar-refractivity contribution in [3.05, 3.63) is 83.3 Å². The molecule has 0 radical (unpaired) electrons. The fourth-order valence-electron chi connectivity index (χ4n) is 3.93. The van der Waals surface area contributed by atoms with E-state index in [-0.39, 0.29) is 24.3 Å². The Labute approximate surface area is 175 Å². The van der Waals surface area contributed by atoms with Crippen molar-refractivity contribution < 1.29 is 9.59 Å². The van der Waals surface area contributed by atoms with Crippen LogP contribution in [0.5, 0.6) is 0 Å². The summed E-state index contributed by atoms with van der Waals surface area (Å²) in [7, 11) is 0. The Morgan fingerprint density at radius 3 is 2.53 bits per heavy atom. The third-order valence-electron chi connectivity index (χ3n) is 5.26. The predicted molar refractivity (Wildman–Crippen MR) is 117 cm³/mol. The topological polar surface area (TPSA) is 67.2 Å². The summed E-state index contributed by atoms with van der Waals surface area (Å²) < 4.78 is 1.82. The van der Waals surface area contributed by atoms with E-state index in [4.69, 9.17) is 0 Å². The van der Waals surface area contributed by atoms with Crippen LogP contribution in [0.3, 0.4) is 0 Å². The summed E-state index contributed by atoms with van der Waals surface area (Å²) in [6.07, 6.45) is 3.82. The van der Waals surface area contributed by atoms with Crippen LogP contribution in [0.4, 0.5) is 5.69 Å². The number of para-hydroxylation sites is 2. The van der Waals surface area contributed by atoms with Crippen LogP contribution in [0.2, 0.25) is 0 Å². The molecule has 3 aromatic rings. The molecule has 30 heavy (non-hydrogen) atoms. The lowest BCUT2D eigenvalue weighted by molar-refractivity contribution is -0.129. The number of amides is 2. The average molecular weight is 400 g/mol. The van der Waals surface area contributed by atoms with Gasteiger partial charge < -0.3 is 10.2 Å². The Balaban J connectivity index is 1.60. The fourth-order valence-corrected chi connectivity index (χ4v) is 3.93. The van der Waals surface area contributed by atoms with Crippen LogP contribution in [-0.2, 0) is 9.59 Å². The standard InChI is InChI=1S/C24H24N4O2/c1-16-14-17(2)28(26-16)22-11-7-6-10-21(22)25-24(30)15-23-20-9-5-4-8-19(20)12-13-27(23)18(3)29/h4-14,23H,15H2,1-3H3,(H,25,30)/t23-/m1/s1. The van der Waals surface area contributed by atoms with Crippen molar-refractivity contribution in [3.63, 3.8) is 0 Å². The number of hydrogen-bond donors (Lipinski definition) is 1. The van der Waals surface area contributed by atoms with Gasteiger partial charge in [0.1, 0.15) is 0 Å². The van der Waals surface area contributed by atoms with E-state index in [2.05, 4.69) is 10.4 Å². The molecule has 0 saturated heterocycles.